The Labute approximate surface area is 377 Å². The van der Waals surface area contributed by atoms with Crippen LogP contribution in [-0.4, -0.2) is 4.57 Å². The first-order valence-electron chi connectivity index (χ1n) is 23.3. The minimum Gasteiger partial charge on any atom is -0.314 e. The second kappa shape index (κ2) is 15.9. The van der Waals surface area contributed by atoms with Crippen molar-refractivity contribution in [2.24, 2.45) is 11.8 Å². The van der Waals surface area contributed by atoms with E-state index in [1.165, 1.54) is 83.9 Å². The topological polar surface area (TPSA) is 8.17 Å². The fraction of sp³-hybridized carbons (Fsp3) is 0.161. The Morgan fingerprint density at radius 2 is 1.25 bits per heavy atom. The van der Waals surface area contributed by atoms with Gasteiger partial charge in [-0.05, 0) is 125 Å². The molecule has 4 aliphatic rings. The first kappa shape index (κ1) is 38.5. The van der Waals surface area contributed by atoms with Crippen LogP contribution >= 0.6 is 0 Å². The molecular weight excluding hydrogens is 773 g/mol. The molecule has 0 N–H and O–H groups in total. The standard InChI is InChI=1S/C62H52N2/c1-43-58(41-39-55-53-26-14-16-28-57(53)62(61(43)55,48-20-8-3-9-21-48)49-22-10-4-11-23-49)63(51-35-30-45(31-36-51)44-18-6-2-7-19-44)52-37-32-46(33-38-52)47-34-40-60-56(42-47)54-27-15-17-29-59(54)64(60)50-24-12-5-13-25-50/h2-12,14-24,26-38,40-41,43,47,55,61H,13,25,39,42H2,1H3. The van der Waals surface area contributed by atoms with E-state index in [2.05, 4.69) is 241 Å². The molecule has 4 aliphatic carbocycles. The van der Waals surface area contributed by atoms with Gasteiger partial charge in [-0.25, -0.2) is 0 Å². The maximum absolute atomic E-state index is 2.58. The van der Waals surface area contributed by atoms with Crippen molar-refractivity contribution in [3.8, 4) is 11.1 Å². The lowest BCUT2D eigenvalue weighted by atomic mass is 9.58. The third-order valence-corrected chi connectivity index (χ3v) is 15.0. The molecule has 0 aliphatic heterocycles. The van der Waals surface area contributed by atoms with Crippen LogP contribution in [0.4, 0.5) is 11.4 Å². The molecule has 0 spiro atoms. The summed E-state index contributed by atoms with van der Waals surface area (Å²) in [5.41, 5.74) is 18.4. The molecule has 4 unspecified atom stereocenters. The summed E-state index contributed by atoms with van der Waals surface area (Å²) in [6.45, 7) is 2.51. The van der Waals surface area contributed by atoms with Gasteiger partial charge in [-0.15, -0.1) is 0 Å². The molecule has 0 radical (unpaired) electrons. The smallest absolute Gasteiger partial charge is 0.0534 e. The highest BCUT2D eigenvalue weighted by Gasteiger charge is 2.57. The van der Waals surface area contributed by atoms with Crippen molar-refractivity contribution < 1.29 is 0 Å². The lowest BCUT2D eigenvalue weighted by molar-refractivity contribution is 0.256. The van der Waals surface area contributed by atoms with Crippen LogP contribution in [0.2, 0.25) is 0 Å². The molecule has 310 valence electrons. The minimum atomic E-state index is -0.311. The normalized spacial score (nSPS) is 20.5. The van der Waals surface area contributed by atoms with Crippen molar-refractivity contribution in [3.05, 3.63) is 263 Å². The van der Waals surface area contributed by atoms with Gasteiger partial charge in [0.25, 0.3) is 0 Å². The molecule has 2 heteroatoms. The predicted molar refractivity (Wildman–Crippen MR) is 268 cm³/mol. The minimum absolute atomic E-state index is 0.215. The van der Waals surface area contributed by atoms with Crippen LogP contribution in [0.25, 0.3) is 33.8 Å². The van der Waals surface area contributed by atoms with Crippen molar-refractivity contribution >= 4 is 34.1 Å². The summed E-state index contributed by atoms with van der Waals surface area (Å²) >= 11 is 0. The highest BCUT2D eigenvalue weighted by molar-refractivity contribution is 5.92. The monoisotopic (exact) mass is 824 g/mol. The van der Waals surface area contributed by atoms with Gasteiger partial charge in [0.2, 0.25) is 0 Å². The summed E-state index contributed by atoms with van der Waals surface area (Å²) in [5.74, 6) is 1.19. The van der Waals surface area contributed by atoms with Crippen LogP contribution in [0.3, 0.4) is 0 Å². The van der Waals surface area contributed by atoms with Crippen LogP contribution in [0, 0.1) is 11.8 Å². The molecule has 0 fully saturated rings. The quantitative estimate of drug-likeness (QED) is 0.148. The summed E-state index contributed by atoms with van der Waals surface area (Å²) in [5, 5.41) is 1.37. The maximum Gasteiger partial charge on any atom is 0.0534 e. The lowest BCUT2D eigenvalue weighted by Crippen LogP contribution is -2.43. The van der Waals surface area contributed by atoms with E-state index in [1.54, 1.807) is 0 Å². The van der Waals surface area contributed by atoms with E-state index in [0.717, 1.165) is 25.7 Å². The van der Waals surface area contributed by atoms with E-state index in [-0.39, 0.29) is 11.3 Å². The number of benzene rings is 7. The number of hydrogen-bond donors (Lipinski definition) is 0. The van der Waals surface area contributed by atoms with Crippen LogP contribution < -0.4 is 4.90 Å². The summed E-state index contributed by atoms with van der Waals surface area (Å²) in [7, 11) is 0. The molecule has 1 heterocycles. The Hall–Kier alpha value is -7.16. The Morgan fingerprint density at radius 3 is 1.95 bits per heavy atom. The van der Waals surface area contributed by atoms with E-state index in [4.69, 9.17) is 0 Å². The Bertz CT molecular complexity index is 3070. The van der Waals surface area contributed by atoms with E-state index in [9.17, 15) is 0 Å². The number of aromatic nitrogens is 1. The van der Waals surface area contributed by atoms with Crippen molar-refractivity contribution in [3.63, 3.8) is 0 Å². The van der Waals surface area contributed by atoms with Crippen LogP contribution in [-0.2, 0) is 11.8 Å². The van der Waals surface area contributed by atoms with Gasteiger partial charge in [0, 0.05) is 51.1 Å². The molecule has 4 atom stereocenters. The van der Waals surface area contributed by atoms with Gasteiger partial charge in [-0.1, -0.05) is 189 Å². The van der Waals surface area contributed by atoms with Crippen LogP contribution in [0.15, 0.2) is 224 Å². The van der Waals surface area contributed by atoms with Crippen molar-refractivity contribution in [1.29, 1.82) is 0 Å². The maximum atomic E-state index is 2.58. The van der Waals surface area contributed by atoms with Gasteiger partial charge in [-0.2, -0.15) is 0 Å². The van der Waals surface area contributed by atoms with Crippen molar-refractivity contribution in [2.45, 2.75) is 49.9 Å². The molecule has 0 amide bonds. The Balaban J connectivity index is 0.954. The average molecular weight is 825 g/mol. The van der Waals surface area contributed by atoms with Gasteiger partial charge in [0.05, 0.1) is 5.52 Å². The van der Waals surface area contributed by atoms with Crippen molar-refractivity contribution in [2.75, 3.05) is 4.90 Å². The molecule has 64 heavy (non-hydrogen) atoms. The Kier molecular flexibility index (Phi) is 9.55. The zero-order valence-corrected chi connectivity index (χ0v) is 36.4. The molecule has 7 aromatic carbocycles. The molecule has 8 aromatic rings. The van der Waals surface area contributed by atoms with Gasteiger partial charge >= 0.3 is 0 Å². The largest absolute Gasteiger partial charge is 0.314 e. The number of rotatable bonds is 8. The summed E-state index contributed by atoms with van der Waals surface area (Å²) < 4.78 is 2.52. The number of para-hydroxylation sites is 1. The van der Waals surface area contributed by atoms with E-state index in [1.807, 2.05) is 0 Å². The fourth-order valence-corrected chi connectivity index (χ4v) is 12.3. The molecule has 0 saturated carbocycles. The molecule has 2 nitrogen and oxygen atoms in total. The molecule has 0 saturated heterocycles. The lowest BCUT2D eigenvalue weighted by Gasteiger charge is -2.47. The summed E-state index contributed by atoms with van der Waals surface area (Å²) in [6.07, 6.45) is 18.3. The van der Waals surface area contributed by atoms with E-state index < -0.39 is 0 Å². The second-order valence-corrected chi connectivity index (χ2v) is 18.3. The number of fused-ring (bicyclic) bond motifs is 6. The molecule has 12 rings (SSSR count). The molecular formula is C62H52N2. The van der Waals surface area contributed by atoms with Gasteiger partial charge < -0.3 is 9.47 Å². The first-order valence-corrected chi connectivity index (χ1v) is 23.3. The van der Waals surface area contributed by atoms with Crippen LogP contribution in [0.5, 0.6) is 0 Å². The summed E-state index contributed by atoms with van der Waals surface area (Å²) in [6, 6.07) is 70.7. The number of hydrogen-bond acceptors (Lipinski definition) is 1. The highest BCUT2D eigenvalue weighted by Crippen LogP contribution is 2.64. The first-order chi connectivity index (χ1) is 31.7. The molecule has 0 bridgehead atoms. The number of anilines is 2. The fourth-order valence-electron chi connectivity index (χ4n) is 12.3. The average Bonchev–Trinajstić information content (AvgIpc) is 3.87. The van der Waals surface area contributed by atoms with Crippen LogP contribution in [0.1, 0.15) is 77.1 Å². The van der Waals surface area contributed by atoms with Gasteiger partial charge in [-0.3, -0.25) is 0 Å². The highest BCUT2D eigenvalue weighted by atomic mass is 15.2. The van der Waals surface area contributed by atoms with Gasteiger partial charge in [0.1, 0.15) is 0 Å². The van der Waals surface area contributed by atoms with E-state index >= 15 is 0 Å². The second-order valence-electron chi connectivity index (χ2n) is 18.3. The molecule has 1 aromatic heterocycles. The van der Waals surface area contributed by atoms with E-state index in [0.29, 0.717) is 17.8 Å². The zero-order chi connectivity index (χ0) is 42.6. The third-order valence-electron chi connectivity index (χ3n) is 15.0. The number of nitrogens with zero attached hydrogens (tertiary/aromatic N) is 2. The van der Waals surface area contributed by atoms with Crippen molar-refractivity contribution in [1.82, 2.24) is 4.57 Å². The SMILES string of the molecule is CC1C(N(c2ccc(-c3ccccc3)cc2)c2ccc(C3C=Cc4c(c5ccccc5n4C4=CC=CCC4)C3)cc2)=CCC2c3ccccc3C(c3ccccc3)(c3ccccc3)C12. The number of allylic oxidation sites excluding steroid dienone is 7. The zero-order valence-electron chi connectivity index (χ0n) is 36.4. The Morgan fingerprint density at radius 1 is 0.625 bits per heavy atom. The predicted octanol–water partition coefficient (Wildman–Crippen LogP) is 15.7. The van der Waals surface area contributed by atoms with Gasteiger partial charge in [0.15, 0.2) is 0 Å². The summed E-state index contributed by atoms with van der Waals surface area (Å²) in [4.78, 5) is 2.58. The third kappa shape index (κ3) is 6.14.